The minimum Gasteiger partial charge on any atom is -0.377 e. The van der Waals surface area contributed by atoms with Crippen LogP contribution in [-0.4, -0.2) is 55.7 Å². The molecule has 0 amide bonds. The van der Waals surface area contributed by atoms with Gasteiger partial charge < -0.3 is 9.64 Å². The molecule has 8 nitrogen and oxygen atoms in total. The van der Waals surface area contributed by atoms with Crippen LogP contribution in [0.25, 0.3) is 33.5 Å². The maximum Gasteiger partial charge on any atom is 0.139 e. The number of pyridine rings is 2. The summed E-state index contributed by atoms with van der Waals surface area (Å²) < 4.78 is 7.51. The number of H-pyrrole nitrogens is 1. The Bertz CT molecular complexity index is 1150. The van der Waals surface area contributed by atoms with Crippen molar-refractivity contribution in [2.24, 2.45) is 7.05 Å². The minimum atomic E-state index is 0.253. The molecule has 1 aliphatic heterocycles. The molecule has 1 N–H and O–H groups in total. The minimum absolute atomic E-state index is 0.253. The van der Waals surface area contributed by atoms with Gasteiger partial charge in [-0.25, -0.2) is 4.98 Å². The highest BCUT2D eigenvalue weighted by Crippen LogP contribution is 2.36. The lowest BCUT2D eigenvalue weighted by Gasteiger charge is -2.34. The number of ether oxygens (including phenoxy) is 1. The molecule has 0 spiro atoms. The molecule has 0 radical (unpaired) electrons. The summed E-state index contributed by atoms with van der Waals surface area (Å²) in [6.45, 7) is 6.36. The first kappa shape index (κ1) is 17.8. The molecule has 1 aliphatic rings. The molecule has 0 saturated carbocycles. The predicted molar refractivity (Wildman–Crippen MR) is 112 cm³/mol. The summed E-state index contributed by atoms with van der Waals surface area (Å²) in [7, 11) is 1.95. The number of anilines is 1. The third-order valence-electron chi connectivity index (χ3n) is 5.40. The molecule has 148 valence electrons. The van der Waals surface area contributed by atoms with E-state index in [4.69, 9.17) is 14.8 Å². The van der Waals surface area contributed by atoms with Gasteiger partial charge in [-0.2, -0.15) is 10.2 Å². The van der Waals surface area contributed by atoms with E-state index in [1.54, 1.807) is 6.20 Å². The van der Waals surface area contributed by atoms with Crippen LogP contribution >= 0.6 is 0 Å². The van der Waals surface area contributed by atoms with Crippen molar-refractivity contribution in [3.63, 3.8) is 0 Å². The highest BCUT2D eigenvalue weighted by atomic mass is 16.5. The number of nitrogens with zero attached hydrogens (tertiary/aromatic N) is 6. The van der Waals surface area contributed by atoms with E-state index in [1.165, 1.54) is 0 Å². The van der Waals surface area contributed by atoms with Gasteiger partial charge in [-0.1, -0.05) is 6.07 Å². The summed E-state index contributed by atoms with van der Waals surface area (Å²) in [6, 6.07) is 8.45. The van der Waals surface area contributed by atoms with Crippen LogP contribution in [0.4, 0.5) is 5.82 Å². The van der Waals surface area contributed by atoms with Gasteiger partial charge in [0.05, 0.1) is 24.8 Å². The molecule has 8 heteroatoms. The molecule has 1 saturated heterocycles. The molecule has 0 bridgehead atoms. The molecule has 5 rings (SSSR count). The summed E-state index contributed by atoms with van der Waals surface area (Å²) in [5, 5.41) is 12.0. The highest BCUT2D eigenvalue weighted by molar-refractivity contribution is 6.00. The Balaban J connectivity index is 1.78. The second-order valence-corrected chi connectivity index (χ2v) is 7.46. The van der Waals surface area contributed by atoms with E-state index in [0.29, 0.717) is 13.2 Å². The average molecular weight is 389 g/mol. The summed E-state index contributed by atoms with van der Waals surface area (Å²) in [4.78, 5) is 11.8. The van der Waals surface area contributed by atoms with Crippen molar-refractivity contribution in [1.29, 1.82) is 0 Å². The van der Waals surface area contributed by atoms with Crippen molar-refractivity contribution in [2.45, 2.75) is 19.9 Å². The Hall–Kier alpha value is -3.26. The highest BCUT2D eigenvalue weighted by Gasteiger charge is 2.25. The normalized spacial score (nSPS) is 17.2. The average Bonchev–Trinajstić information content (AvgIpc) is 3.37. The molecule has 4 aromatic heterocycles. The van der Waals surface area contributed by atoms with Crippen molar-refractivity contribution < 1.29 is 4.74 Å². The molecule has 5 heterocycles. The van der Waals surface area contributed by atoms with Crippen LogP contribution in [0.3, 0.4) is 0 Å². The number of rotatable bonds is 3. The van der Waals surface area contributed by atoms with Crippen LogP contribution in [0.5, 0.6) is 0 Å². The smallest absolute Gasteiger partial charge is 0.139 e. The quantitative estimate of drug-likeness (QED) is 0.580. The first-order chi connectivity index (χ1) is 14.1. The molecule has 0 aromatic carbocycles. The van der Waals surface area contributed by atoms with Gasteiger partial charge >= 0.3 is 0 Å². The number of fused-ring (bicyclic) bond motifs is 1. The largest absolute Gasteiger partial charge is 0.377 e. The molecule has 0 aliphatic carbocycles. The third kappa shape index (κ3) is 3.05. The number of aromatic amines is 1. The van der Waals surface area contributed by atoms with Crippen molar-refractivity contribution in [1.82, 2.24) is 29.9 Å². The van der Waals surface area contributed by atoms with Gasteiger partial charge in [-0.15, -0.1) is 0 Å². The van der Waals surface area contributed by atoms with E-state index in [2.05, 4.69) is 39.1 Å². The van der Waals surface area contributed by atoms with E-state index >= 15 is 0 Å². The van der Waals surface area contributed by atoms with Gasteiger partial charge in [0.15, 0.2) is 0 Å². The lowest BCUT2D eigenvalue weighted by molar-refractivity contribution is 0.0986. The second kappa shape index (κ2) is 6.97. The summed E-state index contributed by atoms with van der Waals surface area (Å²) >= 11 is 0. The van der Waals surface area contributed by atoms with Gasteiger partial charge in [0, 0.05) is 42.8 Å². The molecule has 29 heavy (non-hydrogen) atoms. The van der Waals surface area contributed by atoms with Crippen LogP contribution < -0.4 is 4.90 Å². The fourth-order valence-electron chi connectivity index (χ4n) is 3.89. The maximum absolute atomic E-state index is 5.63. The van der Waals surface area contributed by atoms with Crippen molar-refractivity contribution >= 4 is 16.9 Å². The number of hydrogen-bond donors (Lipinski definition) is 1. The fourth-order valence-corrected chi connectivity index (χ4v) is 3.89. The Labute approximate surface area is 168 Å². The Morgan fingerprint density at radius 3 is 2.86 bits per heavy atom. The molecular formula is C21H23N7O. The lowest BCUT2D eigenvalue weighted by atomic mass is 10.0. The van der Waals surface area contributed by atoms with E-state index in [1.807, 2.05) is 37.0 Å². The summed E-state index contributed by atoms with van der Waals surface area (Å²) in [5.74, 6) is 0.925. The zero-order valence-electron chi connectivity index (χ0n) is 16.8. The van der Waals surface area contributed by atoms with Crippen LogP contribution in [0.2, 0.25) is 0 Å². The van der Waals surface area contributed by atoms with Crippen LogP contribution in [0, 0.1) is 6.92 Å². The van der Waals surface area contributed by atoms with Crippen molar-refractivity contribution in [2.75, 3.05) is 24.7 Å². The third-order valence-corrected chi connectivity index (χ3v) is 5.40. The zero-order chi connectivity index (χ0) is 20.0. The maximum atomic E-state index is 5.63. The summed E-state index contributed by atoms with van der Waals surface area (Å²) in [6.07, 6.45) is 3.71. The van der Waals surface area contributed by atoms with E-state index < -0.39 is 0 Å². The Kier molecular flexibility index (Phi) is 4.28. The molecule has 1 unspecified atom stereocenters. The van der Waals surface area contributed by atoms with Gasteiger partial charge in [-0.3, -0.25) is 14.8 Å². The summed E-state index contributed by atoms with van der Waals surface area (Å²) in [5.41, 5.74) is 6.46. The van der Waals surface area contributed by atoms with Gasteiger partial charge in [0.2, 0.25) is 0 Å². The number of aryl methyl sites for hydroxylation is 2. The number of morpholine rings is 1. The monoisotopic (exact) mass is 389 g/mol. The number of aromatic nitrogens is 6. The molecule has 1 fully saturated rings. The van der Waals surface area contributed by atoms with Gasteiger partial charge in [0.25, 0.3) is 0 Å². The van der Waals surface area contributed by atoms with Gasteiger partial charge in [0.1, 0.15) is 22.7 Å². The zero-order valence-corrected chi connectivity index (χ0v) is 16.8. The van der Waals surface area contributed by atoms with Gasteiger partial charge in [-0.05, 0) is 32.0 Å². The fraction of sp³-hybridized carbons (Fsp3) is 0.333. The standard InChI is InChI=1S/C21H23N7O/c1-13-4-5-15(11-22-13)16-10-18(28-8-9-29-12-14(28)2)24-20-19(17-6-7-23-25-17)26-27(3)21(16)20/h4-7,10-11,14H,8-9,12H2,1-3H3,(H,23,25). The van der Waals surface area contributed by atoms with Crippen LogP contribution in [0.1, 0.15) is 12.6 Å². The van der Waals surface area contributed by atoms with Crippen LogP contribution in [0.15, 0.2) is 36.7 Å². The second-order valence-electron chi connectivity index (χ2n) is 7.46. The SMILES string of the molecule is Cc1ccc(-c2cc(N3CCOCC3C)nc3c(-c4cc[nH]n4)nn(C)c23)cn1. The Morgan fingerprint density at radius 1 is 1.24 bits per heavy atom. The molecular weight excluding hydrogens is 366 g/mol. The number of hydrogen-bond acceptors (Lipinski definition) is 6. The Morgan fingerprint density at radius 2 is 2.14 bits per heavy atom. The van der Waals surface area contributed by atoms with Crippen molar-refractivity contribution in [3.8, 4) is 22.5 Å². The predicted octanol–water partition coefficient (Wildman–Crippen LogP) is 2.95. The van der Waals surface area contributed by atoms with E-state index in [9.17, 15) is 0 Å². The molecule has 1 atom stereocenters. The first-order valence-corrected chi connectivity index (χ1v) is 9.77. The van der Waals surface area contributed by atoms with E-state index in [-0.39, 0.29) is 6.04 Å². The lowest BCUT2D eigenvalue weighted by Crippen LogP contribution is -2.44. The van der Waals surface area contributed by atoms with Crippen molar-refractivity contribution in [3.05, 3.63) is 42.4 Å². The molecule has 4 aromatic rings. The first-order valence-electron chi connectivity index (χ1n) is 9.77. The van der Waals surface area contributed by atoms with Crippen LogP contribution in [-0.2, 0) is 11.8 Å². The van der Waals surface area contributed by atoms with E-state index in [0.717, 1.165) is 51.6 Å². The topological polar surface area (TPSA) is 84.8 Å². The number of nitrogens with one attached hydrogen (secondary N) is 1.